The van der Waals surface area contributed by atoms with E-state index in [-0.39, 0.29) is 29.2 Å². The summed E-state index contributed by atoms with van der Waals surface area (Å²) in [6, 6.07) is 19.8. The van der Waals surface area contributed by atoms with Crippen LogP contribution in [-0.4, -0.2) is 30.3 Å². The number of nitro groups is 1. The van der Waals surface area contributed by atoms with E-state index in [1.165, 1.54) is 24.3 Å². The van der Waals surface area contributed by atoms with Crippen molar-refractivity contribution >= 4 is 28.8 Å². The van der Waals surface area contributed by atoms with Crippen LogP contribution in [0.4, 0.5) is 17.1 Å². The van der Waals surface area contributed by atoms with Gasteiger partial charge in [0.15, 0.2) is 5.78 Å². The van der Waals surface area contributed by atoms with Gasteiger partial charge in [0.25, 0.3) is 5.69 Å². The zero-order valence-electron chi connectivity index (χ0n) is 22.0. The minimum Gasteiger partial charge on any atom is -0.496 e. The van der Waals surface area contributed by atoms with Gasteiger partial charge in [-0.05, 0) is 42.2 Å². The first-order chi connectivity index (χ1) is 18.7. The van der Waals surface area contributed by atoms with Gasteiger partial charge in [0.1, 0.15) is 18.0 Å². The number of para-hydroxylation sites is 3. The van der Waals surface area contributed by atoms with E-state index < -0.39 is 16.9 Å². The van der Waals surface area contributed by atoms with Crippen LogP contribution >= 0.6 is 0 Å². The number of esters is 1. The molecule has 3 aromatic rings. The van der Waals surface area contributed by atoms with E-state index in [0.717, 1.165) is 22.6 Å². The van der Waals surface area contributed by atoms with E-state index in [9.17, 15) is 19.7 Å². The quantitative estimate of drug-likeness (QED) is 0.185. The molecule has 2 aliphatic rings. The van der Waals surface area contributed by atoms with Crippen molar-refractivity contribution in [1.82, 2.24) is 0 Å². The van der Waals surface area contributed by atoms with Gasteiger partial charge in [0.05, 0.1) is 29.4 Å². The third-order valence-electron chi connectivity index (χ3n) is 7.02. The molecule has 9 nitrogen and oxygen atoms in total. The highest BCUT2D eigenvalue weighted by molar-refractivity contribution is 6.02. The van der Waals surface area contributed by atoms with Crippen LogP contribution in [0.1, 0.15) is 38.3 Å². The lowest BCUT2D eigenvalue weighted by molar-refractivity contribution is -0.384. The fraction of sp³-hybridized carbons (Fsp3) is 0.267. The number of methoxy groups -OCH3 is 1. The highest BCUT2D eigenvalue weighted by atomic mass is 16.6. The van der Waals surface area contributed by atoms with E-state index in [1.807, 2.05) is 53.4 Å². The van der Waals surface area contributed by atoms with Gasteiger partial charge in [-0.15, -0.1) is 0 Å². The molecule has 0 spiro atoms. The zero-order chi connectivity index (χ0) is 27.7. The highest BCUT2D eigenvalue weighted by Gasteiger charge is 2.42. The average molecular weight is 528 g/mol. The molecular weight excluding hydrogens is 498 g/mol. The monoisotopic (exact) mass is 527 g/mol. The lowest BCUT2D eigenvalue weighted by Gasteiger charge is -2.38. The van der Waals surface area contributed by atoms with Gasteiger partial charge in [-0.3, -0.25) is 14.9 Å². The summed E-state index contributed by atoms with van der Waals surface area (Å²) in [7, 11) is 1.58. The maximum absolute atomic E-state index is 13.8. The van der Waals surface area contributed by atoms with Crippen molar-refractivity contribution in [1.29, 1.82) is 0 Å². The van der Waals surface area contributed by atoms with Gasteiger partial charge in [0, 0.05) is 35.4 Å². The summed E-state index contributed by atoms with van der Waals surface area (Å²) in [4.78, 5) is 39.5. The number of nitrogens with zero attached hydrogens (tertiary/aromatic N) is 2. The Morgan fingerprint density at radius 2 is 1.74 bits per heavy atom. The second kappa shape index (κ2) is 10.2. The molecule has 0 saturated carbocycles. The molecule has 0 aromatic heterocycles. The fourth-order valence-electron chi connectivity index (χ4n) is 5.38. The standard InChI is InChI=1S/C30H29N3O6/c1-30(2)16-23-28(25(34)17-30)29(21-8-4-7-11-26(21)38-3)32(24-10-6-5-9-22(24)31-23)18-27(35)39-20-14-12-19(13-15-20)33(36)37/h4-15,29,31H,16-18H2,1-3H3. The number of allylic oxidation sites excluding steroid dienone is 1. The Hall–Kier alpha value is -4.66. The minimum absolute atomic E-state index is 0.00574. The summed E-state index contributed by atoms with van der Waals surface area (Å²) in [5.74, 6) is 0.216. The fourth-order valence-corrected chi connectivity index (χ4v) is 5.38. The average Bonchev–Trinajstić information content (AvgIpc) is 3.02. The van der Waals surface area contributed by atoms with Gasteiger partial charge < -0.3 is 19.7 Å². The second-order valence-corrected chi connectivity index (χ2v) is 10.5. The van der Waals surface area contributed by atoms with Crippen molar-refractivity contribution in [3.63, 3.8) is 0 Å². The number of nitrogens with one attached hydrogen (secondary N) is 1. The first kappa shape index (κ1) is 26.0. The van der Waals surface area contributed by atoms with E-state index in [1.54, 1.807) is 7.11 Å². The van der Waals surface area contributed by atoms with Crippen molar-refractivity contribution < 1.29 is 24.0 Å². The number of rotatable bonds is 6. The SMILES string of the molecule is COc1ccccc1C1C2=C(CC(C)(C)CC2=O)Nc2ccccc2N1CC(=O)Oc1ccc([N+](=O)[O-])cc1. The van der Waals surface area contributed by atoms with E-state index in [4.69, 9.17) is 9.47 Å². The normalized spacial score (nSPS) is 17.9. The highest BCUT2D eigenvalue weighted by Crippen LogP contribution is 2.49. The largest absolute Gasteiger partial charge is 0.496 e. The molecule has 1 N–H and O–H groups in total. The van der Waals surface area contributed by atoms with Gasteiger partial charge >= 0.3 is 5.97 Å². The van der Waals surface area contributed by atoms with Crippen LogP contribution in [0.3, 0.4) is 0 Å². The number of carbonyl (C=O) groups is 2. The predicted molar refractivity (Wildman–Crippen MR) is 147 cm³/mol. The molecule has 0 bridgehead atoms. The van der Waals surface area contributed by atoms with Crippen molar-refractivity contribution in [2.75, 3.05) is 23.9 Å². The van der Waals surface area contributed by atoms with Crippen molar-refractivity contribution in [2.24, 2.45) is 5.41 Å². The smallest absolute Gasteiger partial charge is 0.330 e. The molecule has 0 radical (unpaired) electrons. The van der Waals surface area contributed by atoms with E-state index >= 15 is 0 Å². The number of Topliss-reactive ketones (excluding diaryl/α,β-unsaturated/α-hetero) is 1. The lowest BCUT2D eigenvalue weighted by Crippen LogP contribution is -2.39. The van der Waals surface area contributed by atoms with Gasteiger partial charge in [0.2, 0.25) is 0 Å². The molecule has 1 aliphatic carbocycles. The Morgan fingerprint density at radius 1 is 1.05 bits per heavy atom. The summed E-state index contributed by atoms with van der Waals surface area (Å²) in [5, 5.41) is 14.5. The number of benzene rings is 3. The van der Waals surface area contributed by atoms with Crippen molar-refractivity contribution in [3.8, 4) is 11.5 Å². The van der Waals surface area contributed by atoms with Crippen molar-refractivity contribution in [2.45, 2.75) is 32.7 Å². The zero-order valence-corrected chi connectivity index (χ0v) is 22.0. The number of hydrogen-bond donors (Lipinski definition) is 1. The van der Waals surface area contributed by atoms with Crippen molar-refractivity contribution in [3.05, 3.63) is 99.7 Å². The van der Waals surface area contributed by atoms with Gasteiger partial charge in [-0.25, -0.2) is 4.79 Å². The maximum atomic E-state index is 13.8. The summed E-state index contributed by atoms with van der Waals surface area (Å²) >= 11 is 0. The molecule has 5 rings (SSSR count). The van der Waals surface area contributed by atoms with Crippen LogP contribution in [-0.2, 0) is 9.59 Å². The Labute approximate surface area is 226 Å². The molecule has 9 heteroatoms. The molecule has 3 aromatic carbocycles. The molecular formula is C30H29N3O6. The van der Waals surface area contributed by atoms with E-state index in [0.29, 0.717) is 24.2 Å². The van der Waals surface area contributed by atoms with Crippen LogP contribution in [0.5, 0.6) is 11.5 Å². The second-order valence-electron chi connectivity index (χ2n) is 10.5. The summed E-state index contributed by atoms with van der Waals surface area (Å²) < 4.78 is 11.3. The Bertz CT molecular complexity index is 1480. The van der Waals surface area contributed by atoms with Crippen LogP contribution in [0.2, 0.25) is 0 Å². The third-order valence-corrected chi connectivity index (χ3v) is 7.02. The number of fused-ring (bicyclic) bond motifs is 1. The van der Waals surface area contributed by atoms with Crippen LogP contribution < -0.4 is 19.7 Å². The van der Waals surface area contributed by atoms with Crippen LogP contribution in [0.25, 0.3) is 0 Å². The first-order valence-corrected chi connectivity index (χ1v) is 12.6. The molecule has 1 heterocycles. The molecule has 0 fully saturated rings. The van der Waals surface area contributed by atoms with Gasteiger partial charge in [-0.2, -0.15) is 0 Å². The molecule has 39 heavy (non-hydrogen) atoms. The maximum Gasteiger partial charge on any atom is 0.330 e. The van der Waals surface area contributed by atoms with Gasteiger partial charge in [-0.1, -0.05) is 44.2 Å². The number of hydrogen-bond acceptors (Lipinski definition) is 8. The molecule has 1 atom stereocenters. The third kappa shape index (κ3) is 5.20. The Kier molecular flexibility index (Phi) is 6.82. The predicted octanol–water partition coefficient (Wildman–Crippen LogP) is 5.83. The van der Waals surface area contributed by atoms with Crippen LogP contribution in [0, 0.1) is 15.5 Å². The van der Waals surface area contributed by atoms with E-state index in [2.05, 4.69) is 19.2 Å². The number of nitro benzene ring substituents is 1. The molecule has 0 saturated heterocycles. The summed E-state index contributed by atoms with van der Waals surface area (Å²) in [6.07, 6.45) is 1.03. The van der Waals surface area contributed by atoms with Crippen LogP contribution in [0.15, 0.2) is 84.1 Å². The number of ketones is 1. The number of carbonyl (C=O) groups excluding carboxylic acids is 2. The molecule has 1 unspecified atom stereocenters. The summed E-state index contributed by atoms with van der Waals surface area (Å²) in [6.45, 7) is 3.96. The number of anilines is 2. The summed E-state index contributed by atoms with van der Waals surface area (Å²) in [5.41, 5.74) is 3.35. The molecule has 200 valence electrons. The Morgan fingerprint density at radius 3 is 2.46 bits per heavy atom. The Balaban J connectivity index is 1.61. The topological polar surface area (TPSA) is 111 Å². The number of non-ortho nitro benzene ring substituents is 1. The lowest BCUT2D eigenvalue weighted by atomic mass is 9.73. The minimum atomic E-state index is -0.625. The first-order valence-electron chi connectivity index (χ1n) is 12.6. The molecule has 0 amide bonds. The number of ether oxygens (including phenoxy) is 2. The molecule has 1 aliphatic heterocycles.